The zero-order chi connectivity index (χ0) is 14.3. The highest BCUT2D eigenvalue weighted by molar-refractivity contribution is 5.30. The van der Waals surface area contributed by atoms with Gasteiger partial charge in [-0.25, -0.2) is 0 Å². The number of likely N-dealkylation sites (N-methyl/N-ethyl adjacent to an activating group) is 1. The Kier molecular flexibility index (Phi) is 6.84. The van der Waals surface area contributed by atoms with Gasteiger partial charge in [-0.05, 0) is 45.6 Å². The first kappa shape index (κ1) is 16.0. The average Bonchev–Trinajstić information content (AvgIpc) is 2.36. The highest BCUT2D eigenvalue weighted by Gasteiger charge is 2.10. The van der Waals surface area contributed by atoms with Crippen molar-refractivity contribution in [2.45, 2.75) is 26.0 Å². The Morgan fingerprint density at radius 3 is 2.74 bits per heavy atom. The number of aliphatic hydroxyl groups excluding tert-OH is 1. The van der Waals surface area contributed by atoms with Crippen LogP contribution in [0, 0.1) is 0 Å². The lowest BCUT2D eigenvalue weighted by molar-refractivity contribution is 0.132. The molecule has 1 rings (SSSR count). The molecule has 0 saturated carbocycles. The van der Waals surface area contributed by atoms with E-state index < -0.39 is 0 Å². The van der Waals surface area contributed by atoms with Crippen molar-refractivity contribution in [2.75, 3.05) is 33.8 Å². The van der Waals surface area contributed by atoms with E-state index in [1.807, 2.05) is 44.1 Å². The van der Waals surface area contributed by atoms with Crippen LogP contribution in [-0.4, -0.2) is 49.9 Å². The minimum Gasteiger partial charge on any atom is -0.494 e. The molecule has 0 aliphatic carbocycles. The largest absolute Gasteiger partial charge is 0.494 e. The highest BCUT2D eigenvalue weighted by Crippen LogP contribution is 2.19. The summed E-state index contributed by atoms with van der Waals surface area (Å²) in [5.74, 6) is 0.891. The fourth-order valence-electron chi connectivity index (χ4n) is 1.96. The molecule has 0 aliphatic rings. The Morgan fingerprint density at radius 1 is 1.37 bits per heavy atom. The van der Waals surface area contributed by atoms with E-state index in [2.05, 4.69) is 18.3 Å². The Bertz CT molecular complexity index is 369. The summed E-state index contributed by atoms with van der Waals surface area (Å²) < 4.78 is 5.49. The topological polar surface area (TPSA) is 44.7 Å². The van der Waals surface area contributed by atoms with E-state index in [9.17, 15) is 5.11 Å². The maximum absolute atomic E-state index is 9.83. The molecule has 4 nitrogen and oxygen atoms in total. The van der Waals surface area contributed by atoms with Crippen molar-refractivity contribution in [3.63, 3.8) is 0 Å². The van der Waals surface area contributed by atoms with Gasteiger partial charge in [0.05, 0.1) is 12.7 Å². The SMILES string of the molecule is CCOc1cccc(C(C)NCC(O)CN(C)C)c1. The lowest BCUT2D eigenvalue weighted by Gasteiger charge is -2.20. The van der Waals surface area contributed by atoms with E-state index in [1.54, 1.807) is 0 Å². The number of ether oxygens (including phenoxy) is 1. The van der Waals surface area contributed by atoms with Gasteiger partial charge in [0.2, 0.25) is 0 Å². The minimum absolute atomic E-state index is 0.192. The predicted octanol–water partition coefficient (Wildman–Crippen LogP) is 1.66. The summed E-state index contributed by atoms with van der Waals surface area (Å²) in [6.45, 7) is 5.99. The summed E-state index contributed by atoms with van der Waals surface area (Å²) in [5, 5.41) is 13.2. The molecule has 1 aromatic carbocycles. The standard InChI is InChI=1S/C15H26N2O2/c1-5-19-15-8-6-7-13(9-15)12(2)16-10-14(18)11-17(3)4/h6-9,12,14,16,18H,5,10-11H2,1-4H3. The third-order valence-electron chi connectivity index (χ3n) is 2.90. The normalized spacial score (nSPS) is 14.4. The molecule has 2 unspecified atom stereocenters. The molecule has 0 heterocycles. The van der Waals surface area contributed by atoms with Crippen LogP contribution in [0.3, 0.4) is 0 Å². The molecule has 108 valence electrons. The Morgan fingerprint density at radius 2 is 2.11 bits per heavy atom. The maximum Gasteiger partial charge on any atom is 0.119 e. The molecule has 0 bridgehead atoms. The molecule has 2 atom stereocenters. The van der Waals surface area contributed by atoms with Crippen molar-refractivity contribution >= 4 is 0 Å². The van der Waals surface area contributed by atoms with E-state index in [1.165, 1.54) is 5.56 Å². The number of hydrogen-bond donors (Lipinski definition) is 2. The predicted molar refractivity (Wildman–Crippen MR) is 78.6 cm³/mol. The van der Waals surface area contributed by atoms with Gasteiger partial charge in [0.25, 0.3) is 0 Å². The zero-order valence-corrected chi connectivity index (χ0v) is 12.4. The number of nitrogens with one attached hydrogen (secondary N) is 1. The summed E-state index contributed by atoms with van der Waals surface area (Å²) in [5.41, 5.74) is 1.17. The smallest absolute Gasteiger partial charge is 0.119 e. The fraction of sp³-hybridized carbons (Fsp3) is 0.600. The van der Waals surface area contributed by atoms with Gasteiger partial charge < -0.3 is 20.1 Å². The van der Waals surface area contributed by atoms with Gasteiger partial charge in [0.1, 0.15) is 5.75 Å². The molecule has 0 spiro atoms. The van der Waals surface area contributed by atoms with E-state index in [4.69, 9.17) is 4.74 Å². The second kappa shape index (κ2) is 8.15. The third kappa shape index (κ3) is 6.05. The van der Waals surface area contributed by atoms with Crippen LogP contribution < -0.4 is 10.1 Å². The highest BCUT2D eigenvalue weighted by atomic mass is 16.5. The van der Waals surface area contributed by atoms with E-state index in [0.29, 0.717) is 19.7 Å². The fourth-order valence-corrected chi connectivity index (χ4v) is 1.96. The minimum atomic E-state index is -0.354. The molecule has 0 radical (unpaired) electrons. The molecule has 4 heteroatoms. The first-order chi connectivity index (χ1) is 9.02. The van der Waals surface area contributed by atoms with Crippen LogP contribution in [0.4, 0.5) is 0 Å². The van der Waals surface area contributed by atoms with Crippen molar-refractivity contribution in [3.8, 4) is 5.75 Å². The summed E-state index contributed by atoms with van der Waals surface area (Å²) in [6, 6.07) is 8.25. The molecular weight excluding hydrogens is 240 g/mol. The molecule has 0 aliphatic heterocycles. The molecule has 19 heavy (non-hydrogen) atoms. The Balaban J connectivity index is 2.48. The quantitative estimate of drug-likeness (QED) is 0.751. The van der Waals surface area contributed by atoms with Crippen LogP contribution in [0.1, 0.15) is 25.5 Å². The molecule has 1 aromatic rings. The average molecular weight is 266 g/mol. The van der Waals surface area contributed by atoms with E-state index in [-0.39, 0.29) is 12.1 Å². The van der Waals surface area contributed by atoms with Crippen LogP contribution in [0.2, 0.25) is 0 Å². The van der Waals surface area contributed by atoms with Gasteiger partial charge >= 0.3 is 0 Å². The molecule has 0 amide bonds. The van der Waals surface area contributed by atoms with E-state index in [0.717, 1.165) is 5.75 Å². The monoisotopic (exact) mass is 266 g/mol. The molecule has 0 saturated heterocycles. The van der Waals surface area contributed by atoms with E-state index >= 15 is 0 Å². The van der Waals surface area contributed by atoms with Crippen LogP contribution in [-0.2, 0) is 0 Å². The second-order valence-corrected chi connectivity index (χ2v) is 5.05. The second-order valence-electron chi connectivity index (χ2n) is 5.05. The number of rotatable bonds is 8. The van der Waals surface area contributed by atoms with Crippen molar-refractivity contribution in [1.29, 1.82) is 0 Å². The van der Waals surface area contributed by atoms with Crippen molar-refractivity contribution < 1.29 is 9.84 Å². The van der Waals surface area contributed by atoms with Crippen molar-refractivity contribution in [3.05, 3.63) is 29.8 Å². The molecule has 0 fully saturated rings. The Hall–Kier alpha value is -1.10. The first-order valence-electron chi connectivity index (χ1n) is 6.81. The van der Waals surface area contributed by atoms with Gasteiger partial charge in [-0.2, -0.15) is 0 Å². The first-order valence-corrected chi connectivity index (χ1v) is 6.81. The van der Waals surface area contributed by atoms with Crippen molar-refractivity contribution in [1.82, 2.24) is 10.2 Å². The van der Waals surface area contributed by atoms with Crippen LogP contribution >= 0.6 is 0 Å². The van der Waals surface area contributed by atoms with Gasteiger partial charge in [0.15, 0.2) is 0 Å². The van der Waals surface area contributed by atoms with Gasteiger partial charge in [-0.15, -0.1) is 0 Å². The lowest BCUT2D eigenvalue weighted by Crippen LogP contribution is -2.36. The molecule has 0 aromatic heterocycles. The number of hydrogen-bond acceptors (Lipinski definition) is 4. The van der Waals surface area contributed by atoms with Crippen LogP contribution in [0.25, 0.3) is 0 Å². The van der Waals surface area contributed by atoms with Crippen LogP contribution in [0.5, 0.6) is 5.75 Å². The number of benzene rings is 1. The third-order valence-corrected chi connectivity index (χ3v) is 2.90. The summed E-state index contributed by atoms with van der Waals surface area (Å²) in [4.78, 5) is 1.98. The maximum atomic E-state index is 9.83. The van der Waals surface area contributed by atoms with Gasteiger partial charge in [-0.1, -0.05) is 12.1 Å². The number of aliphatic hydroxyl groups is 1. The Labute approximate surface area is 116 Å². The van der Waals surface area contributed by atoms with Crippen LogP contribution in [0.15, 0.2) is 24.3 Å². The molecular formula is C15H26N2O2. The van der Waals surface area contributed by atoms with Gasteiger partial charge in [0, 0.05) is 19.1 Å². The summed E-state index contributed by atoms with van der Waals surface area (Å²) in [6.07, 6.45) is -0.354. The van der Waals surface area contributed by atoms with Crippen molar-refractivity contribution in [2.24, 2.45) is 0 Å². The van der Waals surface area contributed by atoms with Gasteiger partial charge in [-0.3, -0.25) is 0 Å². The zero-order valence-electron chi connectivity index (χ0n) is 12.4. The number of nitrogens with zero attached hydrogens (tertiary/aromatic N) is 1. The lowest BCUT2D eigenvalue weighted by atomic mass is 10.1. The molecule has 2 N–H and O–H groups in total. The summed E-state index contributed by atoms with van der Waals surface area (Å²) >= 11 is 0. The summed E-state index contributed by atoms with van der Waals surface area (Å²) in [7, 11) is 3.91.